The van der Waals surface area contributed by atoms with Crippen molar-refractivity contribution >= 4 is 32.7 Å². The van der Waals surface area contributed by atoms with Gasteiger partial charge in [0, 0.05) is 9.86 Å². The first-order chi connectivity index (χ1) is 10.1. The number of benzene rings is 2. The molecule has 106 valence electrons. The van der Waals surface area contributed by atoms with Crippen molar-refractivity contribution in [2.24, 2.45) is 0 Å². The van der Waals surface area contributed by atoms with Gasteiger partial charge in [0.15, 0.2) is 5.82 Å². The molecule has 21 heavy (non-hydrogen) atoms. The van der Waals surface area contributed by atoms with Crippen LogP contribution in [0.4, 0.5) is 5.82 Å². The molecule has 0 aliphatic carbocycles. The van der Waals surface area contributed by atoms with Crippen LogP contribution in [0.3, 0.4) is 0 Å². The normalized spacial score (nSPS) is 10.8. The van der Waals surface area contributed by atoms with Crippen LogP contribution >= 0.6 is 15.9 Å². The van der Waals surface area contributed by atoms with Gasteiger partial charge in [0.25, 0.3) is 0 Å². The van der Waals surface area contributed by atoms with Gasteiger partial charge in [-0.05, 0) is 37.3 Å². The van der Waals surface area contributed by atoms with Gasteiger partial charge in [0.05, 0.1) is 18.2 Å². The van der Waals surface area contributed by atoms with E-state index in [0.717, 1.165) is 32.3 Å². The number of nitrogens with zero attached hydrogens (tertiary/aromatic N) is 2. The molecule has 5 heteroatoms. The molecule has 0 aliphatic rings. The van der Waals surface area contributed by atoms with Crippen molar-refractivity contribution in [2.45, 2.75) is 6.92 Å². The molecule has 0 aliphatic heterocycles. The maximum absolute atomic E-state index is 6.08. The number of nitrogens with two attached hydrogens (primary N) is 1. The van der Waals surface area contributed by atoms with Gasteiger partial charge in [0.2, 0.25) is 0 Å². The molecule has 2 aromatic carbocycles. The Morgan fingerprint density at radius 2 is 1.90 bits per heavy atom. The fourth-order valence-corrected chi connectivity index (χ4v) is 2.60. The van der Waals surface area contributed by atoms with Gasteiger partial charge in [-0.3, -0.25) is 0 Å². The Hall–Kier alpha value is -2.14. The number of aryl methyl sites for hydroxylation is 1. The molecule has 0 fully saturated rings. The second kappa shape index (κ2) is 5.33. The summed E-state index contributed by atoms with van der Waals surface area (Å²) in [5, 5.41) is 0.833. The Bertz CT molecular complexity index is 833. The summed E-state index contributed by atoms with van der Waals surface area (Å²) in [5.74, 6) is 1.76. The van der Waals surface area contributed by atoms with Crippen molar-refractivity contribution < 1.29 is 4.74 Å². The van der Waals surface area contributed by atoms with E-state index in [1.165, 1.54) is 0 Å². The largest absolute Gasteiger partial charge is 0.496 e. The minimum Gasteiger partial charge on any atom is -0.496 e. The highest BCUT2D eigenvalue weighted by Gasteiger charge is 2.12. The van der Waals surface area contributed by atoms with Crippen LogP contribution in [0.25, 0.3) is 22.3 Å². The number of nitrogen functional groups attached to an aromatic ring is 1. The number of halogens is 1. The van der Waals surface area contributed by atoms with E-state index >= 15 is 0 Å². The van der Waals surface area contributed by atoms with Crippen LogP contribution in [0, 0.1) is 6.92 Å². The summed E-state index contributed by atoms with van der Waals surface area (Å²) in [6.07, 6.45) is 0. The lowest BCUT2D eigenvalue weighted by molar-refractivity contribution is 0.416. The number of anilines is 1. The van der Waals surface area contributed by atoms with Crippen molar-refractivity contribution in [3.63, 3.8) is 0 Å². The van der Waals surface area contributed by atoms with Crippen molar-refractivity contribution in [1.29, 1.82) is 0 Å². The lowest BCUT2D eigenvalue weighted by Gasteiger charge is -2.10. The number of rotatable bonds is 2. The van der Waals surface area contributed by atoms with Crippen molar-refractivity contribution in [3.8, 4) is 17.1 Å². The molecule has 0 radical (unpaired) electrons. The summed E-state index contributed by atoms with van der Waals surface area (Å²) >= 11 is 3.43. The van der Waals surface area contributed by atoms with Gasteiger partial charge in [-0.2, -0.15) is 0 Å². The van der Waals surface area contributed by atoms with Gasteiger partial charge in [-0.1, -0.05) is 27.6 Å². The quantitative estimate of drug-likeness (QED) is 0.764. The average molecular weight is 344 g/mol. The van der Waals surface area contributed by atoms with Crippen LogP contribution in [0.15, 0.2) is 40.9 Å². The summed E-state index contributed by atoms with van der Waals surface area (Å²) in [6, 6.07) is 11.7. The Morgan fingerprint density at radius 1 is 1.10 bits per heavy atom. The molecular formula is C16H14BrN3O. The fraction of sp³-hybridized carbons (Fsp3) is 0.125. The first kappa shape index (κ1) is 13.8. The first-order valence-corrected chi connectivity index (χ1v) is 7.25. The molecule has 0 bridgehead atoms. The second-order valence-corrected chi connectivity index (χ2v) is 5.71. The zero-order valence-electron chi connectivity index (χ0n) is 11.7. The zero-order chi connectivity index (χ0) is 15.0. The molecule has 0 saturated heterocycles. The zero-order valence-corrected chi connectivity index (χ0v) is 13.3. The van der Waals surface area contributed by atoms with Gasteiger partial charge in [-0.25, -0.2) is 9.97 Å². The second-order valence-electron chi connectivity index (χ2n) is 4.80. The Balaban J connectivity index is 2.26. The molecule has 3 aromatic rings. The van der Waals surface area contributed by atoms with E-state index in [9.17, 15) is 0 Å². The summed E-state index contributed by atoms with van der Waals surface area (Å²) in [7, 11) is 1.63. The average Bonchev–Trinajstić information content (AvgIpc) is 2.47. The third-order valence-electron chi connectivity index (χ3n) is 3.28. The van der Waals surface area contributed by atoms with E-state index in [1.807, 2.05) is 43.3 Å². The number of hydrogen-bond acceptors (Lipinski definition) is 4. The monoisotopic (exact) mass is 343 g/mol. The minimum atomic E-state index is 0.458. The molecule has 0 atom stereocenters. The lowest BCUT2D eigenvalue weighted by atomic mass is 10.1. The van der Waals surface area contributed by atoms with E-state index in [2.05, 4.69) is 25.9 Å². The topological polar surface area (TPSA) is 61.0 Å². The van der Waals surface area contributed by atoms with Gasteiger partial charge in [-0.15, -0.1) is 0 Å². The van der Waals surface area contributed by atoms with E-state index in [-0.39, 0.29) is 0 Å². The van der Waals surface area contributed by atoms with E-state index in [4.69, 9.17) is 10.5 Å². The van der Waals surface area contributed by atoms with Crippen LogP contribution in [-0.2, 0) is 0 Å². The predicted molar refractivity (Wildman–Crippen MR) is 88.4 cm³/mol. The molecule has 0 unspecified atom stereocenters. The summed E-state index contributed by atoms with van der Waals surface area (Å²) in [6.45, 7) is 2.02. The summed E-state index contributed by atoms with van der Waals surface area (Å²) in [5.41, 5.74) is 8.85. The molecule has 3 rings (SSSR count). The first-order valence-electron chi connectivity index (χ1n) is 6.46. The molecule has 0 amide bonds. The molecule has 1 heterocycles. The van der Waals surface area contributed by atoms with Crippen molar-refractivity contribution in [3.05, 3.63) is 46.4 Å². The number of fused-ring (bicyclic) bond motifs is 1. The number of ether oxygens (including phenoxy) is 1. The van der Waals surface area contributed by atoms with E-state index in [1.54, 1.807) is 7.11 Å². The molecule has 0 saturated carbocycles. The van der Waals surface area contributed by atoms with Crippen LogP contribution in [0.2, 0.25) is 0 Å². The highest BCUT2D eigenvalue weighted by atomic mass is 79.9. The van der Waals surface area contributed by atoms with Crippen LogP contribution < -0.4 is 10.5 Å². The number of hydrogen-bond donors (Lipinski definition) is 1. The number of aromatic nitrogens is 2. The van der Waals surface area contributed by atoms with E-state index < -0.39 is 0 Å². The van der Waals surface area contributed by atoms with E-state index in [0.29, 0.717) is 11.6 Å². The van der Waals surface area contributed by atoms with Gasteiger partial charge >= 0.3 is 0 Å². The third kappa shape index (κ3) is 2.56. The Kier molecular flexibility index (Phi) is 3.51. The highest BCUT2D eigenvalue weighted by molar-refractivity contribution is 9.10. The van der Waals surface area contributed by atoms with Crippen molar-refractivity contribution in [2.75, 3.05) is 12.8 Å². The molecule has 2 N–H and O–H groups in total. The third-order valence-corrected chi connectivity index (χ3v) is 3.78. The van der Waals surface area contributed by atoms with Gasteiger partial charge in [0.1, 0.15) is 11.6 Å². The maximum Gasteiger partial charge on any atom is 0.165 e. The van der Waals surface area contributed by atoms with Crippen LogP contribution in [0.5, 0.6) is 5.75 Å². The van der Waals surface area contributed by atoms with Gasteiger partial charge < -0.3 is 10.5 Å². The summed E-state index contributed by atoms with van der Waals surface area (Å²) < 4.78 is 6.35. The molecular weight excluding hydrogens is 330 g/mol. The van der Waals surface area contributed by atoms with Crippen LogP contribution in [0.1, 0.15) is 5.56 Å². The highest BCUT2D eigenvalue weighted by Crippen LogP contribution is 2.31. The minimum absolute atomic E-state index is 0.458. The maximum atomic E-state index is 6.08. The molecule has 4 nitrogen and oxygen atoms in total. The van der Waals surface area contributed by atoms with Crippen molar-refractivity contribution in [1.82, 2.24) is 9.97 Å². The SMILES string of the molecule is COc1ccc(C)cc1-c1nc(N)c2cc(Br)ccc2n1. The molecule has 0 spiro atoms. The van der Waals surface area contributed by atoms with Crippen LogP contribution in [-0.4, -0.2) is 17.1 Å². The Labute approximate surface area is 131 Å². The fourth-order valence-electron chi connectivity index (χ4n) is 2.24. The molecule has 1 aromatic heterocycles. The smallest absolute Gasteiger partial charge is 0.165 e. The predicted octanol–water partition coefficient (Wildman–Crippen LogP) is 3.96. The standard InChI is InChI=1S/C16H14BrN3O/c1-9-3-6-14(21-2)12(7-9)16-19-13-5-4-10(17)8-11(13)15(18)20-16/h3-8H,1-2H3,(H2,18,19,20). The number of methoxy groups -OCH3 is 1. The lowest BCUT2D eigenvalue weighted by Crippen LogP contribution is -1.99. The Morgan fingerprint density at radius 3 is 2.67 bits per heavy atom. The summed E-state index contributed by atoms with van der Waals surface area (Å²) in [4.78, 5) is 9.03.